The number of nitrogens with one attached hydrogen (secondary N) is 2. The van der Waals surface area contributed by atoms with E-state index < -0.39 is 51.6 Å². The number of carbonyl (C=O) groups is 4. The quantitative estimate of drug-likeness (QED) is 0.373. The van der Waals surface area contributed by atoms with Crippen LogP contribution in [0.1, 0.15) is 78.0 Å². The molecule has 3 rings (SSSR count). The maximum atomic E-state index is 14.5. The molecule has 2 aromatic rings. The molecule has 0 aliphatic carbocycles. The predicted octanol–water partition coefficient (Wildman–Crippen LogP) is 5.82. The van der Waals surface area contributed by atoms with Crippen LogP contribution in [0.25, 0.3) is 0 Å². The first-order valence-electron chi connectivity index (χ1n) is 15.0. The van der Waals surface area contributed by atoms with Crippen molar-refractivity contribution >= 4 is 24.0 Å². The summed E-state index contributed by atoms with van der Waals surface area (Å²) in [5.41, 5.74) is 1.14. The molecule has 234 valence electrons. The van der Waals surface area contributed by atoms with E-state index in [0.29, 0.717) is 19.4 Å². The molecular formula is C34H48N3O6+. The SMILES string of the molecule is Cc1ccccc1C[C@H](NC(=O)OC(C)(C)C)C(=O)N[C@H](C(=O)[N+]1(C(=O)OCc2ccccc2)CCC[C@H]1C)C(C)(C)C. The molecule has 0 radical (unpaired) electrons. The molecule has 1 unspecified atom stereocenters. The number of aryl methyl sites for hydroxylation is 1. The molecule has 0 bridgehead atoms. The van der Waals surface area contributed by atoms with Gasteiger partial charge >= 0.3 is 18.1 Å². The summed E-state index contributed by atoms with van der Waals surface area (Å²) in [4.78, 5) is 55.0. The Morgan fingerprint density at radius 1 is 0.930 bits per heavy atom. The average Bonchev–Trinajstić information content (AvgIpc) is 3.31. The van der Waals surface area contributed by atoms with Gasteiger partial charge in [-0.15, -0.1) is 0 Å². The lowest BCUT2D eigenvalue weighted by Gasteiger charge is -2.39. The standard InChI is InChI=1S/C34H47N3O6/c1-23-15-12-13-19-26(23)21-27(35-31(40)43-34(6,7)8)29(38)36-28(33(3,4)5)30(39)37(20-14-16-24(37)2)32(41)42-22-25-17-10-9-11-18-25/h9-13,15,17-19,24,27-28H,14,16,20-22H2,1-8H3,(H-,35,36,38,40)/p+1/t24-,27+,28-,37?/m1/s1. The molecule has 1 aliphatic heterocycles. The minimum atomic E-state index is -1.04. The number of ether oxygens (including phenoxy) is 2. The molecule has 0 spiro atoms. The zero-order chi connectivity index (χ0) is 32.0. The highest BCUT2D eigenvalue weighted by Crippen LogP contribution is 2.34. The van der Waals surface area contributed by atoms with Gasteiger partial charge in [-0.25, -0.2) is 9.59 Å². The Balaban J connectivity index is 1.91. The molecule has 1 aliphatic rings. The number of likely N-dealkylation sites (tertiary alicyclic amines) is 1. The number of hydrogen-bond donors (Lipinski definition) is 2. The van der Waals surface area contributed by atoms with Gasteiger partial charge in [-0.1, -0.05) is 75.4 Å². The first kappa shape index (κ1) is 33.8. The van der Waals surface area contributed by atoms with Gasteiger partial charge in [-0.3, -0.25) is 4.79 Å². The monoisotopic (exact) mass is 594 g/mol. The van der Waals surface area contributed by atoms with Crippen molar-refractivity contribution in [1.29, 1.82) is 0 Å². The second-order valence-electron chi connectivity index (χ2n) is 13.6. The summed E-state index contributed by atoms with van der Waals surface area (Å²) in [5, 5.41) is 5.65. The van der Waals surface area contributed by atoms with Gasteiger partial charge in [0, 0.05) is 19.3 Å². The van der Waals surface area contributed by atoms with Gasteiger partial charge in [0.15, 0.2) is 6.04 Å². The number of benzene rings is 2. The first-order chi connectivity index (χ1) is 20.0. The second-order valence-corrected chi connectivity index (χ2v) is 13.6. The van der Waals surface area contributed by atoms with Crippen molar-refractivity contribution in [3.05, 3.63) is 71.3 Å². The molecule has 2 N–H and O–H groups in total. The maximum absolute atomic E-state index is 14.5. The first-order valence-corrected chi connectivity index (χ1v) is 15.0. The van der Waals surface area contributed by atoms with Gasteiger partial charge in [0.25, 0.3) is 0 Å². The van der Waals surface area contributed by atoms with Gasteiger partial charge in [0.05, 0.1) is 6.54 Å². The van der Waals surface area contributed by atoms with E-state index in [1.165, 1.54) is 0 Å². The van der Waals surface area contributed by atoms with Crippen LogP contribution in [0.5, 0.6) is 0 Å². The lowest BCUT2D eigenvalue weighted by Crippen LogP contribution is -2.68. The highest BCUT2D eigenvalue weighted by atomic mass is 16.6. The van der Waals surface area contributed by atoms with Crippen LogP contribution in [-0.2, 0) is 32.1 Å². The Labute approximate surface area is 255 Å². The van der Waals surface area contributed by atoms with E-state index in [-0.39, 0.29) is 19.1 Å². The van der Waals surface area contributed by atoms with Crippen molar-refractivity contribution in [2.24, 2.45) is 5.41 Å². The molecule has 9 heteroatoms. The smallest absolute Gasteiger partial charge is 0.444 e. The number of rotatable bonds is 8. The average molecular weight is 595 g/mol. The van der Waals surface area contributed by atoms with Gasteiger partial charge in [0.2, 0.25) is 5.91 Å². The van der Waals surface area contributed by atoms with Crippen LogP contribution in [0.4, 0.5) is 9.59 Å². The molecule has 1 saturated heterocycles. The van der Waals surface area contributed by atoms with Crippen molar-refractivity contribution in [3.8, 4) is 0 Å². The van der Waals surface area contributed by atoms with Crippen molar-refractivity contribution in [2.45, 2.75) is 105 Å². The highest BCUT2D eigenvalue weighted by Gasteiger charge is 2.58. The Morgan fingerprint density at radius 3 is 2.12 bits per heavy atom. The van der Waals surface area contributed by atoms with Crippen molar-refractivity contribution in [2.75, 3.05) is 6.54 Å². The molecule has 1 fully saturated rings. The number of imide groups is 1. The van der Waals surface area contributed by atoms with Crippen LogP contribution in [-0.4, -0.2) is 58.8 Å². The van der Waals surface area contributed by atoms with E-state index in [0.717, 1.165) is 16.7 Å². The summed E-state index contributed by atoms with van der Waals surface area (Å²) in [6.45, 7) is 14.9. The Hall–Kier alpha value is -3.72. The Bertz CT molecular complexity index is 1300. The minimum Gasteiger partial charge on any atom is -0.444 e. The van der Waals surface area contributed by atoms with Crippen LogP contribution in [0, 0.1) is 12.3 Å². The van der Waals surface area contributed by atoms with Gasteiger partial charge in [-0.05, 0) is 56.7 Å². The van der Waals surface area contributed by atoms with Crippen molar-refractivity contribution in [3.63, 3.8) is 0 Å². The fraction of sp³-hybridized carbons (Fsp3) is 0.529. The second kappa shape index (κ2) is 13.7. The number of carbonyl (C=O) groups excluding carboxylic acids is 4. The number of amides is 4. The topological polar surface area (TPSA) is 111 Å². The third-order valence-electron chi connectivity index (χ3n) is 7.90. The van der Waals surface area contributed by atoms with Gasteiger partial charge < -0.3 is 20.1 Å². The van der Waals surface area contributed by atoms with Crippen LogP contribution in [0.3, 0.4) is 0 Å². The summed E-state index contributed by atoms with van der Waals surface area (Å²) in [7, 11) is 0. The van der Waals surface area contributed by atoms with E-state index in [1.54, 1.807) is 20.8 Å². The molecule has 4 amide bonds. The van der Waals surface area contributed by atoms with E-state index >= 15 is 0 Å². The molecule has 4 atom stereocenters. The van der Waals surface area contributed by atoms with E-state index in [2.05, 4.69) is 10.6 Å². The maximum Gasteiger partial charge on any atom is 0.524 e. The van der Waals surface area contributed by atoms with Gasteiger partial charge in [0.1, 0.15) is 24.3 Å². The van der Waals surface area contributed by atoms with Crippen LogP contribution in [0.15, 0.2) is 54.6 Å². The third-order valence-corrected chi connectivity index (χ3v) is 7.90. The summed E-state index contributed by atoms with van der Waals surface area (Å²) >= 11 is 0. The van der Waals surface area contributed by atoms with Crippen LogP contribution >= 0.6 is 0 Å². The summed E-state index contributed by atoms with van der Waals surface area (Å²) in [5.74, 6) is -0.958. The van der Waals surface area contributed by atoms with Gasteiger partial charge in [-0.2, -0.15) is 9.28 Å². The zero-order valence-electron chi connectivity index (χ0n) is 26.9. The fourth-order valence-electron chi connectivity index (χ4n) is 5.44. The third kappa shape index (κ3) is 8.66. The number of nitrogens with zero attached hydrogens (tertiary/aromatic N) is 1. The van der Waals surface area contributed by atoms with E-state index in [4.69, 9.17) is 9.47 Å². The fourth-order valence-corrected chi connectivity index (χ4v) is 5.44. The lowest BCUT2D eigenvalue weighted by atomic mass is 9.84. The van der Waals surface area contributed by atoms with E-state index in [9.17, 15) is 19.2 Å². The van der Waals surface area contributed by atoms with Crippen LogP contribution < -0.4 is 10.6 Å². The summed E-state index contributed by atoms with van der Waals surface area (Å²) < 4.78 is 10.7. The largest absolute Gasteiger partial charge is 0.524 e. The summed E-state index contributed by atoms with van der Waals surface area (Å²) in [6, 6.07) is 14.5. The number of alkyl carbamates (subject to hydrolysis) is 1. The normalized spacial score (nSPS) is 20.0. The molecule has 0 saturated carbocycles. The zero-order valence-corrected chi connectivity index (χ0v) is 26.9. The molecule has 43 heavy (non-hydrogen) atoms. The van der Waals surface area contributed by atoms with Crippen molar-refractivity contribution < 1.29 is 33.1 Å². The number of quaternary nitrogens is 1. The molecule has 0 aromatic heterocycles. The highest BCUT2D eigenvalue weighted by molar-refractivity contribution is 5.92. The molecule has 1 heterocycles. The molecular weight excluding hydrogens is 546 g/mol. The summed E-state index contributed by atoms with van der Waals surface area (Å²) in [6.07, 6.45) is 0.186. The molecule has 2 aromatic carbocycles. The van der Waals surface area contributed by atoms with Crippen molar-refractivity contribution in [1.82, 2.24) is 10.6 Å². The molecule has 9 nitrogen and oxygen atoms in total. The Morgan fingerprint density at radius 2 is 1.56 bits per heavy atom. The van der Waals surface area contributed by atoms with Crippen LogP contribution in [0.2, 0.25) is 0 Å². The van der Waals surface area contributed by atoms with E-state index in [1.807, 2.05) is 89.2 Å². The Kier molecular flexibility index (Phi) is 10.8. The predicted molar refractivity (Wildman–Crippen MR) is 165 cm³/mol. The number of hydrogen-bond acceptors (Lipinski definition) is 6. The lowest BCUT2D eigenvalue weighted by molar-refractivity contribution is -0.794. The minimum absolute atomic E-state index is 0.0462.